The maximum absolute atomic E-state index is 11.5. The second kappa shape index (κ2) is 6.01. The third kappa shape index (κ3) is 4.42. The Balaban J connectivity index is 2.39. The smallest absolute Gasteiger partial charge is 0.150 e. The van der Waals surface area contributed by atoms with Gasteiger partial charge in [-0.25, -0.2) is 8.42 Å². The zero-order valence-electron chi connectivity index (χ0n) is 10.5. The molecule has 0 aromatic heterocycles. The van der Waals surface area contributed by atoms with Gasteiger partial charge in [0.2, 0.25) is 0 Å². The van der Waals surface area contributed by atoms with Crippen molar-refractivity contribution in [2.75, 3.05) is 6.26 Å². The van der Waals surface area contributed by atoms with Crippen LogP contribution in [0.2, 0.25) is 0 Å². The van der Waals surface area contributed by atoms with Crippen molar-refractivity contribution in [3.8, 4) is 0 Å². The van der Waals surface area contributed by atoms with E-state index in [2.05, 4.69) is 6.92 Å². The lowest BCUT2D eigenvalue weighted by Crippen LogP contribution is -2.28. The molecular weight excluding hydrogens is 222 g/mol. The standard InChI is InChI=1S/C12H25NO2S/c1-3-11(13)8-7-10-5-4-6-12(9-10)16(2,14)15/h10-12H,3-9,13H2,1-2H3. The maximum atomic E-state index is 11.5. The molecule has 0 bridgehead atoms. The summed E-state index contributed by atoms with van der Waals surface area (Å²) in [5, 5.41) is -0.0934. The second-order valence-electron chi connectivity index (χ2n) is 5.23. The van der Waals surface area contributed by atoms with Crippen LogP contribution < -0.4 is 5.73 Å². The van der Waals surface area contributed by atoms with Gasteiger partial charge in [-0.15, -0.1) is 0 Å². The van der Waals surface area contributed by atoms with E-state index >= 15 is 0 Å². The normalized spacial score (nSPS) is 28.9. The van der Waals surface area contributed by atoms with Gasteiger partial charge in [-0.1, -0.05) is 19.8 Å². The molecule has 0 aromatic carbocycles. The fraction of sp³-hybridized carbons (Fsp3) is 1.00. The summed E-state index contributed by atoms with van der Waals surface area (Å²) in [4.78, 5) is 0. The molecule has 3 unspecified atom stereocenters. The lowest BCUT2D eigenvalue weighted by atomic mass is 9.85. The molecule has 0 saturated heterocycles. The largest absolute Gasteiger partial charge is 0.328 e. The van der Waals surface area contributed by atoms with E-state index in [0.29, 0.717) is 12.0 Å². The number of sulfone groups is 1. The third-order valence-corrected chi connectivity index (χ3v) is 5.45. The van der Waals surface area contributed by atoms with Crippen LogP contribution in [0.15, 0.2) is 0 Å². The predicted octanol–water partition coefficient (Wildman–Crippen LogP) is 2.11. The van der Waals surface area contributed by atoms with Crippen molar-refractivity contribution in [2.45, 2.75) is 63.2 Å². The van der Waals surface area contributed by atoms with E-state index in [1.165, 1.54) is 12.7 Å². The first-order chi connectivity index (χ1) is 7.43. The summed E-state index contributed by atoms with van der Waals surface area (Å²) < 4.78 is 23.0. The van der Waals surface area contributed by atoms with Crippen molar-refractivity contribution in [3.63, 3.8) is 0 Å². The van der Waals surface area contributed by atoms with Crippen molar-refractivity contribution in [3.05, 3.63) is 0 Å². The van der Waals surface area contributed by atoms with Crippen LogP contribution in [0.4, 0.5) is 0 Å². The van der Waals surface area contributed by atoms with E-state index < -0.39 is 9.84 Å². The monoisotopic (exact) mass is 247 g/mol. The van der Waals surface area contributed by atoms with Gasteiger partial charge in [0.25, 0.3) is 0 Å². The van der Waals surface area contributed by atoms with Crippen LogP contribution >= 0.6 is 0 Å². The molecule has 1 fully saturated rings. The predicted molar refractivity (Wildman–Crippen MR) is 68.1 cm³/mol. The van der Waals surface area contributed by atoms with Crippen molar-refractivity contribution in [2.24, 2.45) is 11.7 Å². The molecule has 16 heavy (non-hydrogen) atoms. The van der Waals surface area contributed by atoms with Gasteiger partial charge in [0.05, 0.1) is 5.25 Å². The molecule has 0 amide bonds. The van der Waals surface area contributed by atoms with E-state index in [4.69, 9.17) is 5.73 Å². The Bertz CT molecular complexity index is 300. The molecule has 2 N–H and O–H groups in total. The topological polar surface area (TPSA) is 60.2 Å². The molecule has 1 aliphatic rings. The molecule has 0 aliphatic heterocycles. The van der Waals surface area contributed by atoms with E-state index in [0.717, 1.165) is 38.5 Å². The molecule has 0 spiro atoms. The van der Waals surface area contributed by atoms with Gasteiger partial charge in [-0.05, 0) is 38.0 Å². The maximum Gasteiger partial charge on any atom is 0.150 e. The summed E-state index contributed by atoms with van der Waals surface area (Å²) >= 11 is 0. The number of hydrogen-bond donors (Lipinski definition) is 1. The molecular formula is C12H25NO2S. The van der Waals surface area contributed by atoms with Crippen LogP contribution in [0.1, 0.15) is 51.9 Å². The van der Waals surface area contributed by atoms with Crippen molar-refractivity contribution in [1.29, 1.82) is 0 Å². The first-order valence-electron chi connectivity index (χ1n) is 6.38. The quantitative estimate of drug-likeness (QED) is 0.809. The summed E-state index contributed by atoms with van der Waals surface area (Å²) in [6.45, 7) is 2.10. The lowest BCUT2D eigenvalue weighted by Gasteiger charge is -2.28. The zero-order valence-corrected chi connectivity index (χ0v) is 11.3. The summed E-state index contributed by atoms with van der Waals surface area (Å²) in [5.41, 5.74) is 5.89. The van der Waals surface area contributed by atoms with Crippen molar-refractivity contribution < 1.29 is 8.42 Å². The van der Waals surface area contributed by atoms with Gasteiger partial charge in [-0.2, -0.15) is 0 Å². The highest BCUT2D eigenvalue weighted by molar-refractivity contribution is 7.91. The fourth-order valence-electron chi connectivity index (χ4n) is 2.55. The highest BCUT2D eigenvalue weighted by Crippen LogP contribution is 2.31. The first-order valence-corrected chi connectivity index (χ1v) is 8.33. The highest BCUT2D eigenvalue weighted by atomic mass is 32.2. The molecule has 96 valence electrons. The number of rotatable bonds is 5. The zero-order chi connectivity index (χ0) is 12.2. The van der Waals surface area contributed by atoms with Gasteiger partial charge in [0.15, 0.2) is 0 Å². The van der Waals surface area contributed by atoms with Crippen molar-refractivity contribution in [1.82, 2.24) is 0 Å². The van der Waals surface area contributed by atoms with E-state index in [9.17, 15) is 8.42 Å². The Kier molecular flexibility index (Phi) is 5.25. The van der Waals surface area contributed by atoms with Crippen LogP contribution in [-0.4, -0.2) is 26.0 Å². The Morgan fingerprint density at radius 1 is 1.38 bits per heavy atom. The minimum Gasteiger partial charge on any atom is -0.328 e. The van der Waals surface area contributed by atoms with Crippen molar-refractivity contribution >= 4 is 9.84 Å². The van der Waals surface area contributed by atoms with Gasteiger partial charge in [0.1, 0.15) is 9.84 Å². The molecule has 4 heteroatoms. The van der Waals surface area contributed by atoms with Gasteiger partial charge in [-0.3, -0.25) is 0 Å². The summed E-state index contributed by atoms with van der Waals surface area (Å²) in [6.07, 6.45) is 8.48. The molecule has 3 nitrogen and oxygen atoms in total. The lowest BCUT2D eigenvalue weighted by molar-refractivity contribution is 0.322. The molecule has 1 aliphatic carbocycles. The second-order valence-corrected chi connectivity index (χ2v) is 7.56. The Labute approximate surface area is 99.7 Å². The third-order valence-electron chi connectivity index (χ3n) is 3.81. The van der Waals surface area contributed by atoms with E-state index in [-0.39, 0.29) is 5.25 Å². The average molecular weight is 247 g/mol. The average Bonchev–Trinajstić information content (AvgIpc) is 2.25. The Morgan fingerprint density at radius 3 is 2.62 bits per heavy atom. The summed E-state index contributed by atoms with van der Waals surface area (Å²) in [6, 6.07) is 0.290. The SMILES string of the molecule is CCC(N)CCC1CCCC(S(C)(=O)=O)C1. The molecule has 0 radical (unpaired) electrons. The minimum atomic E-state index is -2.83. The Morgan fingerprint density at radius 2 is 2.06 bits per heavy atom. The van der Waals surface area contributed by atoms with Crippen LogP contribution in [0.5, 0.6) is 0 Å². The number of hydrogen-bond acceptors (Lipinski definition) is 3. The molecule has 0 heterocycles. The molecule has 1 saturated carbocycles. The number of nitrogens with two attached hydrogens (primary N) is 1. The summed E-state index contributed by atoms with van der Waals surface area (Å²) in [5.74, 6) is 0.575. The van der Waals surface area contributed by atoms with Gasteiger partial charge in [0, 0.05) is 12.3 Å². The van der Waals surface area contributed by atoms with Crippen LogP contribution in [0, 0.1) is 5.92 Å². The van der Waals surface area contributed by atoms with Crippen LogP contribution in [-0.2, 0) is 9.84 Å². The first kappa shape index (κ1) is 14.0. The summed E-state index contributed by atoms with van der Waals surface area (Å²) in [7, 11) is -2.83. The molecule has 3 atom stereocenters. The molecule has 1 rings (SSSR count). The van der Waals surface area contributed by atoms with E-state index in [1.54, 1.807) is 0 Å². The van der Waals surface area contributed by atoms with E-state index in [1.807, 2.05) is 0 Å². The Hall–Kier alpha value is -0.0900. The minimum absolute atomic E-state index is 0.0934. The highest BCUT2D eigenvalue weighted by Gasteiger charge is 2.28. The van der Waals surface area contributed by atoms with Gasteiger partial charge >= 0.3 is 0 Å². The van der Waals surface area contributed by atoms with Gasteiger partial charge < -0.3 is 5.73 Å². The molecule has 0 aromatic rings. The van der Waals surface area contributed by atoms with Crippen LogP contribution in [0.3, 0.4) is 0 Å². The fourth-order valence-corrected chi connectivity index (χ4v) is 3.76. The van der Waals surface area contributed by atoms with Crippen LogP contribution in [0.25, 0.3) is 0 Å².